The number of aryl methyl sites for hydroxylation is 4. The summed E-state index contributed by atoms with van der Waals surface area (Å²) in [5.41, 5.74) is 4.91. The molecular formula is C22H29N3O3S. The number of amides is 1. The van der Waals surface area contributed by atoms with E-state index in [-0.39, 0.29) is 12.5 Å². The Labute approximate surface area is 173 Å². The SMILES string of the molecule is Cc1ccc(S(=O)(=O)N2CCN(CC(=O)Nc3ccc(C)c(C)c3)CC2)c(C)c1. The molecule has 1 saturated heterocycles. The Bertz CT molecular complexity index is 1010. The average molecular weight is 416 g/mol. The van der Waals surface area contributed by atoms with Crippen molar-refractivity contribution < 1.29 is 13.2 Å². The van der Waals surface area contributed by atoms with Crippen molar-refractivity contribution in [1.82, 2.24) is 9.21 Å². The van der Waals surface area contributed by atoms with E-state index in [1.807, 2.05) is 62.9 Å². The molecule has 0 radical (unpaired) electrons. The van der Waals surface area contributed by atoms with Crippen molar-refractivity contribution in [2.75, 3.05) is 38.0 Å². The normalized spacial score (nSPS) is 16.0. The molecule has 1 aliphatic rings. The first kappa shape index (κ1) is 21.5. The minimum absolute atomic E-state index is 0.0843. The van der Waals surface area contributed by atoms with Crippen LogP contribution in [-0.4, -0.2) is 56.3 Å². The molecule has 1 N–H and O–H groups in total. The van der Waals surface area contributed by atoms with E-state index in [9.17, 15) is 13.2 Å². The number of rotatable bonds is 5. The summed E-state index contributed by atoms with van der Waals surface area (Å²) in [4.78, 5) is 14.7. The summed E-state index contributed by atoms with van der Waals surface area (Å²) in [6, 6.07) is 11.2. The van der Waals surface area contributed by atoms with Crippen molar-refractivity contribution in [3.8, 4) is 0 Å². The molecule has 1 heterocycles. The van der Waals surface area contributed by atoms with E-state index in [1.54, 1.807) is 6.07 Å². The number of hydrogen-bond donors (Lipinski definition) is 1. The smallest absolute Gasteiger partial charge is 0.243 e. The largest absolute Gasteiger partial charge is 0.325 e. The number of piperazine rings is 1. The van der Waals surface area contributed by atoms with Gasteiger partial charge >= 0.3 is 0 Å². The van der Waals surface area contributed by atoms with Crippen molar-refractivity contribution in [3.05, 3.63) is 58.7 Å². The Hall–Kier alpha value is -2.22. The molecule has 0 aromatic heterocycles. The number of sulfonamides is 1. The van der Waals surface area contributed by atoms with Crippen LogP contribution < -0.4 is 5.32 Å². The lowest BCUT2D eigenvalue weighted by Gasteiger charge is -2.33. The second-order valence-electron chi connectivity index (χ2n) is 7.80. The van der Waals surface area contributed by atoms with Crippen LogP contribution in [0.2, 0.25) is 0 Å². The van der Waals surface area contributed by atoms with E-state index in [0.29, 0.717) is 31.1 Å². The van der Waals surface area contributed by atoms with E-state index in [4.69, 9.17) is 0 Å². The second-order valence-corrected chi connectivity index (χ2v) is 9.70. The van der Waals surface area contributed by atoms with Gasteiger partial charge in [-0.05, 0) is 62.6 Å². The van der Waals surface area contributed by atoms with Crippen molar-refractivity contribution in [2.24, 2.45) is 0 Å². The van der Waals surface area contributed by atoms with Gasteiger partial charge in [0.05, 0.1) is 11.4 Å². The van der Waals surface area contributed by atoms with Crippen LogP contribution in [0.3, 0.4) is 0 Å². The molecule has 6 nitrogen and oxygen atoms in total. The lowest BCUT2D eigenvalue weighted by molar-refractivity contribution is -0.117. The Morgan fingerprint density at radius 1 is 0.897 bits per heavy atom. The molecular weight excluding hydrogens is 386 g/mol. The highest BCUT2D eigenvalue weighted by Crippen LogP contribution is 2.22. The molecule has 1 fully saturated rings. The molecule has 0 aliphatic carbocycles. The Balaban J connectivity index is 1.57. The van der Waals surface area contributed by atoms with E-state index >= 15 is 0 Å². The third-order valence-electron chi connectivity index (χ3n) is 5.44. The lowest BCUT2D eigenvalue weighted by Crippen LogP contribution is -2.50. The Morgan fingerprint density at radius 2 is 1.59 bits per heavy atom. The van der Waals surface area contributed by atoms with Gasteiger partial charge in [0.15, 0.2) is 0 Å². The van der Waals surface area contributed by atoms with Gasteiger partial charge in [-0.2, -0.15) is 4.31 Å². The number of anilines is 1. The third kappa shape index (κ3) is 5.04. The molecule has 2 aromatic rings. The molecule has 1 aliphatic heterocycles. The summed E-state index contributed by atoms with van der Waals surface area (Å²) in [6.07, 6.45) is 0. The molecule has 156 valence electrons. The van der Waals surface area contributed by atoms with Crippen LogP contribution in [0.4, 0.5) is 5.69 Å². The minimum atomic E-state index is -3.51. The summed E-state index contributed by atoms with van der Waals surface area (Å²) in [5, 5.41) is 2.92. The molecule has 0 saturated carbocycles. The summed E-state index contributed by atoms with van der Waals surface area (Å²) in [7, 11) is -3.51. The maximum Gasteiger partial charge on any atom is 0.243 e. The molecule has 0 spiro atoms. The summed E-state index contributed by atoms with van der Waals surface area (Å²) < 4.78 is 27.5. The van der Waals surface area contributed by atoms with Gasteiger partial charge in [-0.25, -0.2) is 8.42 Å². The zero-order chi connectivity index (χ0) is 21.2. The number of hydrogen-bond acceptors (Lipinski definition) is 4. The average Bonchev–Trinajstić information content (AvgIpc) is 2.65. The lowest BCUT2D eigenvalue weighted by atomic mass is 10.1. The molecule has 3 rings (SSSR count). The van der Waals surface area contributed by atoms with Gasteiger partial charge in [-0.3, -0.25) is 9.69 Å². The van der Waals surface area contributed by atoms with Crippen LogP contribution in [0.15, 0.2) is 41.3 Å². The van der Waals surface area contributed by atoms with Crippen molar-refractivity contribution >= 4 is 21.6 Å². The van der Waals surface area contributed by atoms with Gasteiger partial charge in [-0.1, -0.05) is 23.8 Å². The standard InChI is InChI=1S/C22H29N3O3S/c1-16-5-8-21(19(4)13-16)29(27,28)25-11-9-24(10-12-25)15-22(26)23-20-7-6-17(2)18(3)14-20/h5-8,13-14H,9-12,15H2,1-4H3,(H,23,26). The molecule has 0 atom stereocenters. The predicted octanol–water partition coefficient (Wildman–Crippen LogP) is 2.87. The van der Waals surface area contributed by atoms with Gasteiger partial charge in [0.2, 0.25) is 15.9 Å². The van der Waals surface area contributed by atoms with Crippen LogP contribution in [0.5, 0.6) is 0 Å². The van der Waals surface area contributed by atoms with Gasteiger partial charge in [-0.15, -0.1) is 0 Å². The van der Waals surface area contributed by atoms with E-state index in [2.05, 4.69) is 5.32 Å². The fourth-order valence-corrected chi connectivity index (χ4v) is 5.21. The van der Waals surface area contributed by atoms with Crippen LogP contribution >= 0.6 is 0 Å². The monoisotopic (exact) mass is 415 g/mol. The van der Waals surface area contributed by atoms with Gasteiger partial charge < -0.3 is 5.32 Å². The van der Waals surface area contributed by atoms with Crippen LogP contribution in [0, 0.1) is 27.7 Å². The first-order valence-corrected chi connectivity index (χ1v) is 11.3. The zero-order valence-electron chi connectivity index (χ0n) is 17.5. The summed E-state index contributed by atoms with van der Waals surface area (Å²) in [5.74, 6) is -0.0843. The first-order valence-electron chi connectivity index (χ1n) is 9.83. The highest BCUT2D eigenvalue weighted by Gasteiger charge is 2.30. The quantitative estimate of drug-likeness (QED) is 0.815. The van der Waals surface area contributed by atoms with Gasteiger partial charge in [0.1, 0.15) is 0 Å². The van der Waals surface area contributed by atoms with Crippen molar-refractivity contribution in [3.63, 3.8) is 0 Å². The Morgan fingerprint density at radius 3 is 2.21 bits per heavy atom. The van der Waals surface area contributed by atoms with Crippen LogP contribution in [0.1, 0.15) is 22.3 Å². The highest BCUT2D eigenvalue weighted by molar-refractivity contribution is 7.89. The molecule has 0 bridgehead atoms. The first-order chi connectivity index (χ1) is 13.7. The van der Waals surface area contributed by atoms with Crippen LogP contribution in [0.25, 0.3) is 0 Å². The fourth-order valence-electron chi connectivity index (χ4n) is 3.58. The number of benzene rings is 2. The zero-order valence-corrected chi connectivity index (χ0v) is 18.3. The topological polar surface area (TPSA) is 69.7 Å². The molecule has 0 unspecified atom stereocenters. The number of carbonyl (C=O) groups is 1. The molecule has 1 amide bonds. The van der Waals surface area contributed by atoms with E-state index in [1.165, 1.54) is 9.87 Å². The maximum absolute atomic E-state index is 13.0. The Kier molecular flexibility index (Phi) is 6.41. The highest BCUT2D eigenvalue weighted by atomic mass is 32.2. The number of carbonyl (C=O) groups excluding carboxylic acids is 1. The second kappa shape index (κ2) is 8.65. The van der Waals surface area contributed by atoms with Gasteiger partial charge in [0.25, 0.3) is 0 Å². The van der Waals surface area contributed by atoms with Crippen molar-refractivity contribution in [2.45, 2.75) is 32.6 Å². The number of nitrogens with one attached hydrogen (secondary N) is 1. The molecule has 7 heteroatoms. The number of nitrogens with zero attached hydrogens (tertiary/aromatic N) is 2. The fraction of sp³-hybridized carbons (Fsp3) is 0.409. The summed E-state index contributed by atoms with van der Waals surface area (Å²) in [6.45, 7) is 9.91. The van der Waals surface area contributed by atoms with E-state index in [0.717, 1.165) is 22.4 Å². The van der Waals surface area contributed by atoms with Crippen LogP contribution in [-0.2, 0) is 14.8 Å². The molecule has 29 heavy (non-hydrogen) atoms. The van der Waals surface area contributed by atoms with Gasteiger partial charge in [0, 0.05) is 31.9 Å². The summed E-state index contributed by atoms with van der Waals surface area (Å²) >= 11 is 0. The minimum Gasteiger partial charge on any atom is -0.325 e. The predicted molar refractivity (Wildman–Crippen MR) is 116 cm³/mol. The van der Waals surface area contributed by atoms with E-state index < -0.39 is 10.0 Å². The maximum atomic E-state index is 13.0. The third-order valence-corrected chi connectivity index (χ3v) is 7.50. The molecule has 2 aromatic carbocycles. The van der Waals surface area contributed by atoms with Crippen molar-refractivity contribution in [1.29, 1.82) is 0 Å².